The van der Waals surface area contributed by atoms with Gasteiger partial charge in [-0.1, -0.05) is 0 Å². The molecule has 19 heavy (non-hydrogen) atoms. The molecule has 6 nitrogen and oxygen atoms in total. The summed E-state index contributed by atoms with van der Waals surface area (Å²) < 4.78 is 4.99. The molecule has 1 rings (SSSR count). The van der Waals surface area contributed by atoms with E-state index in [0.717, 1.165) is 0 Å². The Labute approximate surface area is 111 Å². The predicted molar refractivity (Wildman–Crippen MR) is 68.2 cm³/mol. The molecule has 1 aromatic carbocycles. The van der Waals surface area contributed by atoms with Crippen LogP contribution in [0, 0.1) is 0 Å². The molecule has 0 aliphatic rings. The van der Waals surface area contributed by atoms with Crippen molar-refractivity contribution in [3.8, 4) is 5.75 Å². The number of aliphatic hydroxyl groups excluding tert-OH is 1. The van der Waals surface area contributed by atoms with Crippen LogP contribution in [0.3, 0.4) is 0 Å². The quantitative estimate of drug-likeness (QED) is 0.755. The molecule has 0 radical (unpaired) electrons. The fourth-order valence-corrected chi connectivity index (χ4v) is 1.58. The van der Waals surface area contributed by atoms with E-state index in [4.69, 9.17) is 14.9 Å². The van der Waals surface area contributed by atoms with Gasteiger partial charge in [0.05, 0.1) is 20.1 Å². The number of carboxylic acids is 1. The lowest BCUT2D eigenvalue weighted by Gasteiger charge is -2.21. The van der Waals surface area contributed by atoms with Gasteiger partial charge in [0.25, 0.3) is 5.91 Å². The molecule has 0 unspecified atom stereocenters. The van der Waals surface area contributed by atoms with Crippen LogP contribution in [0.1, 0.15) is 16.8 Å². The summed E-state index contributed by atoms with van der Waals surface area (Å²) in [7, 11) is 1.53. The first-order valence-electron chi connectivity index (χ1n) is 5.84. The summed E-state index contributed by atoms with van der Waals surface area (Å²) in [5.74, 6) is -0.654. The highest BCUT2D eigenvalue weighted by atomic mass is 16.5. The maximum atomic E-state index is 12.1. The summed E-state index contributed by atoms with van der Waals surface area (Å²) in [5, 5.41) is 17.6. The zero-order valence-corrected chi connectivity index (χ0v) is 10.7. The first-order valence-corrected chi connectivity index (χ1v) is 5.84. The fourth-order valence-electron chi connectivity index (χ4n) is 1.58. The molecule has 0 fully saturated rings. The molecule has 0 spiro atoms. The summed E-state index contributed by atoms with van der Waals surface area (Å²) in [6.45, 7) is -0.0274. The third-order valence-electron chi connectivity index (χ3n) is 2.59. The van der Waals surface area contributed by atoms with E-state index in [1.54, 1.807) is 24.3 Å². The SMILES string of the molecule is COc1ccc(C(=O)N(CCO)CCC(=O)O)cc1. The van der Waals surface area contributed by atoms with E-state index in [0.29, 0.717) is 11.3 Å². The minimum absolute atomic E-state index is 0.0702. The minimum Gasteiger partial charge on any atom is -0.497 e. The number of hydrogen-bond donors (Lipinski definition) is 2. The number of carbonyl (C=O) groups excluding carboxylic acids is 1. The first-order chi connectivity index (χ1) is 9.08. The van der Waals surface area contributed by atoms with E-state index in [1.807, 2.05) is 0 Å². The number of carbonyl (C=O) groups is 2. The van der Waals surface area contributed by atoms with Gasteiger partial charge < -0.3 is 19.8 Å². The molecular formula is C13H17NO5. The summed E-state index contributed by atoms with van der Waals surface area (Å²) in [6, 6.07) is 6.52. The lowest BCUT2D eigenvalue weighted by atomic mass is 10.2. The zero-order valence-electron chi connectivity index (χ0n) is 10.7. The Kier molecular flexibility index (Phi) is 5.81. The molecule has 0 heterocycles. The third-order valence-corrected chi connectivity index (χ3v) is 2.59. The van der Waals surface area contributed by atoms with Crippen LogP contribution < -0.4 is 4.74 Å². The van der Waals surface area contributed by atoms with Crippen molar-refractivity contribution < 1.29 is 24.5 Å². The van der Waals surface area contributed by atoms with E-state index < -0.39 is 5.97 Å². The van der Waals surface area contributed by atoms with Crippen LogP contribution in [0.15, 0.2) is 24.3 Å². The molecule has 1 aromatic rings. The van der Waals surface area contributed by atoms with Gasteiger partial charge in [-0.15, -0.1) is 0 Å². The fraction of sp³-hybridized carbons (Fsp3) is 0.385. The maximum Gasteiger partial charge on any atom is 0.305 e. The van der Waals surface area contributed by atoms with Gasteiger partial charge in [0, 0.05) is 18.7 Å². The normalized spacial score (nSPS) is 10.0. The first kappa shape index (κ1) is 15.0. The molecule has 0 atom stereocenters. The molecular weight excluding hydrogens is 250 g/mol. The Morgan fingerprint density at radius 2 is 1.84 bits per heavy atom. The van der Waals surface area contributed by atoms with Crippen molar-refractivity contribution >= 4 is 11.9 Å². The Balaban J connectivity index is 2.76. The molecule has 0 saturated carbocycles. The number of methoxy groups -OCH3 is 1. The zero-order chi connectivity index (χ0) is 14.3. The molecule has 0 aromatic heterocycles. The summed E-state index contributed by atoms with van der Waals surface area (Å²) in [6.07, 6.45) is -0.151. The highest BCUT2D eigenvalue weighted by Crippen LogP contribution is 2.13. The van der Waals surface area contributed by atoms with Crippen LogP contribution in [0.4, 0.5) is 0 Å². The number of aliphatic carboxylic acids is 1. The van der Waals surface area contributed by atoms with E-state index in [-0.39, 0.29) is 32.0 Å². The van der Waals surface area contributed by atoms with E-state index in [9.17, 15) is 9.59 Å². The maximum absolute atomic E-state index is 12.1. The molecule has 0 bridgehead atoms. The molecule has 0 aliphatic carbocycles. The van der Waals surface area contributed by atoms with Crippen molar-refractivity contribution in [2.24, 2.45) is 0 Å². The van der Waals surface area contributed by atoms with Gasteiger partial charge in [-0.2, -0.15) is 0 Å². The van der Waals surface area contributed by atoms with E-state index in [2.05, 4.69) is 0 Å². The predicted octanol–water partition coefficient (Wildman–Crippen LogP) is 0.604. The average molecular weight is 267 g/mol. The standard InChI is InChI=1S/C13H17NO5/c1-19-11-4-2-10(3-5-11)13(18)14(8-9-15)7-6-12(16)17/h2-5,15H,6-9H2,1H3,(H,16,17). The number of nitrogens with zero attached hydrogens (tertiary/aromatic N) is 1. The number of amides is 1. The Hall–Kier alpha value is -2.08. The van der Waals surface area contributed by atoms with Gasteiger partial charge in [-0.25, -0.2) is 0 Å². The summed E-state index contributed by atoms with van der Waals surface area (Å²) in [4.78, 5) is 24.0. The molecule has 104 valence electrons. The van der Waals surface area contributed by atoms with Crippen molar-refractivity contribution in [3.63, 3.8) is 0 Å². The van der Waals surface area contributed by atoms with Gasteiger partial charge in [-0.05, 0) is 24.3 Å². The Morgan fingerprint density at radius 1 is 1.21 bits per heavy atom. The molecule has 1 amide bonds. The van der Waals surface area contributed by atoms with Crippen molar-refractivity contribution in [2.45, 2.75) is 6.42 Å². The number of carboxylic acid groups (broad SMARTS) is 1. The van der Waals surface area contributed by atoms with E-state index in [1.165, 1.54) is 12.0 Å². The lowest BCUT2D eigenvalue weighted by Crippen LogP contribution is -2.35. The summed E-state index contributed by atoms with van der Waals surface area (Å²) in [5.41, 5.74) is 0.430. The second kappa shape index (κ2) is 7.38. The largest absolute Gasteiger partial charge is 0.497 e. The van der Waals surface area contributed by atoms with Gasteiger partial charge in [0.2, 0.25) is 0 Å². The topological polar surface area (TPSA) is 87.1 Å². The highest BCUT2D eigenvalue weighted by molar-refractivity contribution is 5.94. The second-order valence-corrected chi connectivity index (χ2v) is 3.89. The van der Waals surface area contributed by atoms with Gasteiger partial charge in [0.15, 0.2) is 0 Å². The molecule has 6 heteroatoms. The van der Waals surface area contributed by atoms with Crippen molar-refractivity contribution in [1.29, 1.82) is 0 Å². The van der Waals surface area contributed by atoms with Crippen LogP contribution in [-0.2, 0) is 4.79 Å². The van der Waals surface area contributed by atoms with E-state index >= 15 is 0 Å². The average Bonchev–Trinajstić information content (AvgIpc) is 2.42. The van der Waals surface area contributed by atoms with Gasteiger partial charge >= 0.3 is 5.97 Å². The van der Waals surface area contributed by atoms with Crippen LogP contribution in [0.5, 0.6) is 5.75 Å². The lowest BCUT2D eigenvalue weighted by molar-refractivity contribution is -0.137. The van der Waals surface area contributed by atoms with Crippen LogP contribution >= 0.6 is 0 Å². The number of benzene rings is 1. The molecule has 2 N–H and O–H groups in total. The second-order valence-electron chi connectivity index (χ2n) is 3.89. The van der Waals surface area contributed by atoms with Crippen LogP contribution in [0.25, 0.3) is 0 Å². The van der Waals surface area contributed by atoms with Crippen molar-refractivity contribution in [1.82, 2.24) is 4.90 Å². The number of aliphatic hydroxyl groups is 1. The van der Waals surface area contributed by atoms with Crippen molar-refractivity contribution in [3.05, 3.63) is 29.8 Å². The number of hydrogen-bond acceptors (Lipinski definition) is 4. The van der Waals surface area contributed by atoms with Crippen LogP contribution in [-0.4, -0.2) is 53.8 Å². The minimum atomic E-state index is -0.981. The van der Waals surface area contributed by atoms with Crippen molar-refractivity contribution in [2.75, 3.05) is 26.8 Å². The summed E-state index contributed by atoms with van der Waals surface area (Å²) >= 11 is 0. The molecule has 0 aliphatic heterocycles. The Bertz CT molecular complexity index is 429. The molecule has 0 saturated heterocycles. The third kappa shape index (κ3) is 4.59. The smallest absolute Gasteiger partial charge is 0.305 e. The Morgan fingerprint density at radius 3 is 2.32 bits per heavy atom. The highest BCUT2D eigenvalue weighted by Gasteiger charge is 2.16. The van der Waals surface area contributed by atoms with Gasteiger partial charge in [-0.3, -0.25) is 9.59 Å². The van der Waals surface area contributed by atoms with Gasteiger partial charge in [0.1, 0.15) is 5.75 Å². The number of ether oxygens (including phenoxy) is 1. The number of rotatable bonds is 7. The van der Waals surface area contributed by atoms with Crippen LogP contribution in [0.2, 0.25) is 0 Å². The monoisotopic (exact) mass is 267 g/mol.